The lowest BCUT2D eigenvalue weighted by atomic mass is 9.97. The SMILES string of the molecule is CCNC(=NCc1cc2c(cc1OC(F)F)OCO2)NCC1CCN(C)CC1. The summed E-state index contributed by atoms with van der Waals surface area (Å²) >= 11 is 0. The molecule has 0 atom stereocenters. The maximum absolute atomic E-state index is 12.8. The molecular formula is C19H28F2N4O3. The zero-order chi connectivity index (χ0) is 19.9. The highest BCUT2D eigenvalue weighted by Gasteiger charge is 2.20. The van der Waals surface area contributed by atoms with Crippen LogP contribution in [0.25, 0.3) is 0 Å². The summed E-state index contributed by atoms with van der Waals surface area (Å²) in [7, 11) is 2.14. The van der Waals surface area contributed by atoms with Gasteiger partial charge in [-0.2, -0.15) is 8.78 Å². The van der Waals surface area contributed by atoms with Gasteiger partial charge in [-0.05, 0) is 51.9 Å². The van der Waals surface area contributed by atoms with Crippen LogP contribution in [0.2, 0.25) is 0 Å². The molecule has 0 unspecified atom stereocenters. The Morgan fingerprint density at radius 1 is 1.25 bits per heavy atom. The van der Waals surface area contributed by atoms with E-state index in [0.717, 1.165) is 32.5 Å². The number of likely N-dealkylation sites (tertiary alicyclic amines) is 1. The summed E-state index contributed by atoms with van der Waals surface area (Å²) in [6, 6.07) is 3.07. The molecule has 2 aliphatic heterocycles. The Bertz CT molecular complexity index is 679. The maximum Gasteiger partial charge on any atom is 0.387 e. The first-order valence-electron chi connectivity index (χ1n) is 9.63. The molecule has 7 nitrogen and oxygen atoms in total. The molecule has 0 radical (unpaired) electrons. The fourth-order valence-electron chi connectivity index (χ4n) is 3.31. The first-order valence-corrected chi connectivity index (χ1v) is 9.63. The number of halogens is 2. The van der Waals surface area contributed by atoms with Crippen molar-refractivity contribution in [2.24, 2.45) is 10.9 Å². The fraction of sp³-hybridized carbons (Fsp3) is 0.632. The minimum absolute atomic E-state index is 0.0502. The van der Waals surface area contributed by atoms with Gasteiger partial charge in [0.2, 0.25) is 6.79 Å². The molecule has 28 heavy (non-hydrogen) atoms. The van der Waals surface area contributed by atoms with Crippen molar-refractivity contribution in [2.75, 3.05) is 40.0 Å². The highest BCUT2D eigenvalue weighted by atomic mass is 19.3. The van der Waals surface area contributed by atoms with Crippen LogP contribution in [0.4, 0.5) is 8.78 Å². The summed E-state index contributed by atoms with van der Waals surface area (Å²) in [4.78, 5) is 6.87. The molecule has 0 aromatic heterocycles. The number of nitrogens with one attached hydrogen (secondary N) is 2. The Morgan fingerprint density at radius 2 is 1.96 bits per heavy atom. The van der Waals surface area contributed by atoms with Gasteiger partial charge < -0.3 is 29.7 Å². The van der Waals surface area contributed by atoms with Crippen molar-refractivity contribution in [3.8, 4) is 17.2 Å². The number of hydrogen-bond acceptors (Lipinski definition) is 5. The van der Waals surface area contributed by atoms with E-state index >= 15 is 0 Å². The van der Waals surface area contributed by atoms with Crippen molar-refractivity contribution in [2.45, 2.75) is 32.9 Å². The van der Waals surface area contributed by atoms with Crippen molar-refractivity contribution in [1.82, 2.24) is 15.5 Å². The molecule has 0 saturated carbocycles. The third-order valence-electron chi connectivity index (χ3n) is 4.92. The molecule has 0 aliphatic carbocycles. The average Bonchev–Trinajstić information content (AvgIpc) is 3.12. The van der Waals surface area contributed by atoms with Crippen molar-refractivity contribution >= 4 is 5.96 Å². The van der Waals surface area contributed by atoms with E-state index in [4.69, 9.17) is 9.47 Å². The van der Waals surface area contributed by atoms with Gasteiger partial charge in [0.15, 0.2) is 17.5 Å². The molecule has 0 spiro atoms. The molecular weight excluding hydrogens is 370 g/mol. The second kappa shape index (κ2) is 9.77. The van der Waals surface area contributed by atoms with Gasteiger partial charge in [0.05, 0.1) is 6.54 Å². The zero-order valence-electron chi connectivity index (χ0n) is 16.3. The van der Waals surface area contributed by atoms with Crippen molar-refractivity contribution in [3.05, 3.63) is 17.7 Å². The zero-order valence-corrected chi connectivity index (χ0v) is 16.3. The van der Waals surface area contributed by atoms with Crippen LogP contribution < -0.4 is 24.8 Å². The van der Waals surface area contributed by atoms with Crippen LogP contribution in [0, 0.1) is 5.92 Å². The van der Waals surface area contributed by atoms with Gasteiger partial charge in [-0.1, -0.05) is 0 Å². The minimum atomic E-state index is -2.92. The van der Waals surface area contributed by atoms with E-state index in [1.165, 1.54) is 6.07 Å². The van der Waals surface area contributed by atoms with Crippen molar-refractivity contribution < 1.29 is 23.0 Å². The number of guanidine groups is 1. The van der Waals surface area contributed by atoms with Gasteiger partial charge >= 0.3 is 6.61 Å². The van der Waals surface area contributed by atoms with Crippen LogP contribution >= 0.6 is 0 Å². The predicted molar refractivity (Wildman–Crippen MR) is 102 cm³/mol. The number of hydrogen-bond donors (Lipinski definition) is 2. The number of benzene rings is 1. The second-order valence-electron chi connectivity index (χ2n) is 7.01. The third kappa shape index (κ3) is 5.60. The van der Waals surface area contributed by atoms with E-state index in [0.29, 0.717) is 35.5 Å². The molecule has 1 saturated heterocycles. The Balaban J connectivity index is 1.66. The van der Waals surface area contributed by atoms with Crippen LogP contribution in [-0.4, -0.2) is 57.5 Å². The van der Waals surface area contributed by atoms with Crippen molar-refractivity contribution in [1.29, 1.82) is 0 Å². The summed E-state index contributed by atoms with van der Waals surface area (Å²) in [6.07, 6.45) is 2.30. The van der Waals surface area contributed by atoms with E-state index in [2.05, 4.69) is 32.3 Å². The van der Waals surface area contributed by atoms with Gasteiger partial charge in [-0.25, -0.2) is 4.99 Å². The van der Waals surface area contributed by atoms with Crippen molar-refractivity contribution in [3.63, 3.8) is 0 Å². The number of nitrogens with zero attached hydrogens (tertiary/aromatic N) is 2. The van der Waals surface area contributed by atoms with Crippen LogP contribution in [0.3, 0.4) is 0 Å². The number of rotatable bonds is 7. The first kappa shape index (κ1) is 20.4. The summed E-state index contributed by atoms with van der Waals surface area (Å²) in [5.74, 6) is 2.21. The van der Waals surface area contributed by atoms with Gasteiger partial charge in [-0.3, -0.25) is 0 Å². The largest absolute Gasteiger partial charge is 0.454 e. The molecule has 2 heterocycles. The normalized spacial score (nSPS) is 17.8. The highest BCUT2D eigenvalue weighted by molar-refractivity contribution is 5.79. The topological polar surface area (TPSA) is 67.4 Å². The van der Waals surface area contributed by atoms with Gasteiger partial charge in [0.1, 0.15) is 5.75 Å². The van der Waals surface area contributed by atoms with Crippen LogP contribution in [-0.2, 0) is 6.54 Å². The number of ether oxygens (including phenoxy) is 3. The molecule has 156 valence electrons. The van der Waals surface area contributed by atoms with E-state index in [9.17, 15) is 8.78 Å². The second-order valence-corrected chi connectivity index (χ2v) is 7.01. The lowest BCUT2D eigenvalue weighted by Gasteiger charge is -2.29. The Morgan fingerprint density at radius 3 is 2.64 bits per heavy atom. The third-order valence-corrected chi connectivity index (χ3v) is 4.92. The lowest BCUT2D eigenvalue weighted by molar-refractivity contribution is -0.0505. The van der Waals surface area contributed by atoms with E-state index in [-0.39, 0.29) is 19.1 Å². The lowest BCUT2D eigenvalue weighted by Crippen LogP contribution is -2.42. The number of piperidine rings is 1. The smallest absolute Gasteiger partial charge is 0.387 e. The highest BCUT2D eigenvalue weighted by Crippen LogP contribution is 2.39. The summed E-state index contributed by atoms with van der Waals surface area (Å²) in [5, 5.41) is 6.56. The van der Waals surface area contributed by atoms with Gasteiger partial charge in [0.25, 0.3) is 0 Å². The van der Waals surface area contributed by atoms with Crippen LogP contribution in [0.5, 0.6) is 17.2 Å². The predicted octanol–water partition coefficient (Wildman–Crippen LogP) is 2.41. The number of alkyl halides is 2. The molecule has 1 fully saturated rings. The van der Waals surface area contributed by atoms with E-state index in [1.807, 2.05) is 6.92 Å². The Labute approximate surface area is 164 Å². The summed E-state index contributed by atoms with van der Waals surface area (Å²) < 4.78 is 40.8. The number of fused-ring (bicyclic) bond motifs is 1. The summed E-state index contributed by atoms with van der Waals surface area (Å²) in [6.45, 7) is 3.06. The fourth-order valence-corrected chi connectivity index (χ4v) is 3.31. The standard InChI is InChI=1S/C19H28F2N4O3/c1-3-22-19(23-10-13-4-6-25(2)7-5-13)24-11-14-8-16-17(27-12-26-16)9-15(14)28-18(20)21/h8-9,13,18H,3-7,10-12H2,1-2H3,(H2,22,23,24). The van der Waals surface area contributed by atoms with Gasteiger partial charge in [-0.15, -0.1) is 0 Å². The van der Waals surface area contributed by atoms with Crippen LogP contribution in [0.15, 0.2) is 17.1 Å². The summed E-state index contributed by atoms with van der Waals surface area (Å²) in [5.41, 5.74) is 0.515. The minimum Gasteiger partial charge on any atom is -0.454 e. The molecule has 9 heteroatoms. The molecule has 1 aromatic rings. The Hall–Kier alpha value is -2.29. The average molecular weight is 398 g/mol. The monoisotopic (exact) mass is 398 g/mol. The van der Waals surface area contributed by atoms with E-state index in [1.54, 1.807) is 6.07 Å². The maximum atomic E-state index is 12.8. The molecule has 0 amide bonds. The Kier molecular flexibility index (Phi) is 7.13. The molecule has 2 N–H and O–H groups in total. The van der Waals surface area contributed by atoms with Crippen LogP contribution in [0.1, 0.15) is 25.3 Å². The quantitative estimate of drug-likeness (QED) is 0.543. The van der Waals surface area contributed by atoms with E-state index < -0.39 is 6.61 Å². The number of aliphatic imine (C=N–C) groups is 1. The molecule has 0 bridgehead atoms. The molecule has 3 rings (SSSR count). The van der Waals surface area contributed by atoms with Gasteiger partial charge in [0, 0.05) is 24.7 Å². The molecule has 1 aromatic carbocycles. The first-order chi connectivity index (χ1) is 13.5. The molecule has 2 aliphatic rings.